The number of carbonyl (C=O) groups is 3. The van der Waals surface area contributed by atoms with Gasteiger partial charge in [0.1, 0.15) is 34.8 Å². The zero-order valence-electron chi connectivity index (χ0n) is 48.1. The van der Waals surface area contributed by atoms with Crippen LogP contribution in [0.4, 0.5) is 40.2 Å². The van der Waals surface area contributed by atoms with E-state index in [0.29, 0.717) is 41.0 Å². The third-order valence-electron chi connectivity index (χ3n) is 16.5. The number of fused-ring (bicyclic) bond motifs is 2. The van der Waals surface area contributed by atoms with E-state index in [1.54, 1.807) is 57.7 Å². The molecular formula is C65H71N9O9S. The lowest BCUT2D eigenvalue weighted by atomic mass is 9.91. The molecule has 0 unspecified atom stereocenters. The predicted molar refractivity (Wildman–Crippen MR) is 328 cm³/mol. The number of nitrogens with one attached hydrogen (secondary N) is 2. The second-order valence-corrected chi connectivity index (χ2v) is 23.7. The van der Waals surface area contributed by atoms with Gasteiger partial charge in [-0.1, -0.05) is 48.5 Å². The van der Waals surface area contributed by atoms with Crippen LogP contribution in [0.2, 0.25) is 0 Å². The molecule has 1 aromatic heterocycles. The SMILES string of the molecule is CCOc1cc(N2CCC(C(=O)N3CCC(CN4CCC(Oc5ccc(-c6ccc(NC(=O)c7ccc(OC)c(-c8cccc(OC)c8)c7)cc6)cc5)CC4)CC3)CC2)ccc1Nc1ncc2c(n1)N(S(C)(=O)=O)c1ccccc1C(=O)N2C. The first-order valence-electron chi connectivity index (χ1n) is 28.8. The predicted octanol–water partition coefficient (Wildman–Crippen LogP) is 10.9. The summed E-state index contributed by atoms with van der Waals surface area (Å²) in [5.74, 6) is 3.23. The van der Waals surface area contributed by atoms with Crippen LogP contribution in [0, 0.1) is 11.8 Å². The highest BCUT2D eigenvalue weighted by molar-refractivity contribution is 7.92. The van der Waals surface area contributed by atoms with Gasteiger partial charge in [-0.25, -0.2) is 17.7 Å². The third-order valence-corrected chi connectivity index (χ3v) is 17.5. The summed E-state index contributed by atoms with van der Waals surface area (Å²) >= 11 is 0. The Labute approximate surface area is 491 Å². The number of rotatable bonds is 17. The van der Waals surface area contributed by atoms with Gasteiger partial charge < -0.3 is 49.2 Å². The Morgan fingerprint density at radius 1 is 0.690 bits per heavy atom. The third kappa shape index (κ3) is 12.6. The molecule has 4 aliphatic rings. The summed E-state index contributed by atoms with van der Waals surface area (Å²) in [6.45, 7) is 8.40. The first-order valence-corrected chi connectivity index (χ1v) is 30.6. The number of para-hydroxylation sites is 1. The maximum absolute atomic E-state index is 13.9. The second-order valence-electron chi connectivity index (χ2n) is 21.9. The molecule has 0 spiro atoms. The molecule has 84 heavy (non-hydrogen) atoms. The summed E-state index contributed by atoms with van der Waals surface area (Å²) in [6, 6.07) is 41.6. The molecule has 7 aromatic rings. The number of methoxy groups -OCH3 is 2. The van der Waals surface area contributed by atoms with Gasteiger partial charge in [0.25, 0.3) is 11.8 Å². The van der Waals surface area contributed by atoms with Crippen molar-refractivity contribution in [1.29, 1.82) is 0 Å². The molecule has 0 radical (unpaired) electrons. The van der Waals surface area contributed by atoms with Gasteiger partial charge in [0, 0.05) is 87.3 Å². The van der Waals surface area contributed by atoms with Crippen LogP contribution in [0.1, 0.15) is 66.2 Å². The minimum absolute atomic E-state index is 0.0142. The molecule has 2 N–H and O–H groups in total. The maximum atomic E-state index is 13.9. The molecule has 436 valence electrons. The van der Waals surface area contributed by atoms with Gasteiger partial charge in [0.2, 0.25) is 21.9 Å². The molecule has 3 amide bonds. The van der Waals surface area contributed by atoms with E-state index in [4.69, 9.17) is 18.9 Å². The van der Waals surface area contributed by atoms with Crippen molar-refractivity contribution in [2.24, 2.45) is 11.8 Å². The number of piperidine rings is 3. The number of aromatic nitrogens is 2. The lowest BCUT2D eigenvalue weighted by Crippen LogP contribution is -2.47. The molecule has 0 saturated carbocycles. The van der Waals surface area contributed by atoms with E-state index in [9.17, 15) is 22.8 Å². The van der Waals surface area contributed by atoms with E-state index in [2.05, 4.69) is 47.4 Å². The maximum Gasteiger partial charge on any atom is 0.260 e. The van der Waals surface area contributed by atoms with Crippen LogP contribution < -0.4 is 43.7 Å². The highest BCUT2D eigenvalue weighted by atomic mass is 32.2. The van der Waals surface area contributed by atoms with Crippen LogP contribution in [0.3, 0.4) is 0 Å². The fraction of sp³-hybridized carbons (Fsp3) is 0.338. The number of benzene rings is 6. The Kier molecular flexibility index (Phi) is 17.0. The molecule has 4 aliphatic heterocycles. The number of hydrogen-bond donors (Lipinski definition) is 2. The summed E-state index contributed by atoms with van der Waals surface area (Å²) < 4.78 is 51.3. The smallest absolute Gasteiger partial charge is 0.260 e. The number of hydrogen-bond acceptors (Lipinski definition) is 14. The molecule has 0 atom stereocenters. The Morgan fingerprint density at radius 3 is 2.12 bits per heavy atom. The van der Waals surface area contributed by atoms with Gasteiger partial charge >= 0.3 is 0 Å². The number of amides is 3. The van der Waals surface area contributed by atoms with Crippen molar-refractivity contribution in [2.75, 3.05) is 105 Å². The average molecular weight is 1150 g/mol. The van der Waals surface area contributed by atoms with Gasteiger partial charge in [-0.05, 0) is 147 Å². The van der Waals surface area contributed by atoms with Gasteiger partial charge in [-0.15, -0.1) is 0 Å². The highest BCUT2D eigenvalue weighted by Crippen LogP contribution is 2.42. The van der Waals surface area contributed by atoms with Gasteiger partial charge in [0.15, 0.2) is 5.82 Å². The van der Waals surface area contributed by atoms with Gasteiger partial charge in [-0.3, -0.25) is 14.4 Å². The van der Waals surface area contributed by atoms with Crippen LogP contribution >= 0.6 is 0 Å². The van der Waals surface area contributed by atoms with Crippen molar-refractivity contribution in [2.45, 2.75) is 51.6 Å². The number of likely N-dealkylation sites (tertiary alicyclic amines) is 2. The summed E-state index contributed by atoms with van der Waals surface area (Å²) in [7, 11) is 0.885. The molecule has 6 aromatic carbocycles. The van der Waals surface area contributed by atoms with Crippen LogP contribution in [-0.2, 0) is 14.8 Å². The monoisotopic (exact) mass is 1150 g/mol. The van der Waals surface area contributed by atoms with E-state index in [1.165, 1.54) is 11.1 Å². The van der Waals surface area contributed by atoms with Crippen molar-refractivity contribution in [3.8, 4) is 45.3 Å². The zero-order chi connectivity index (χ0) is 58.5. The van der Waals surface area contributed by atoms with Gasteiger partial charge in [0.05, 0.1) is 50.2 Å². The fourth-order valence-corrected chi connectivity index (χ4v) is 12.8. The van der Waals surface area contributed by atoms with Crippen molar-refractivity contribution in [1.82, 2.24) is 19.8 Å². The van der Waals surface area contributed by atoms with Crippen molar-refractivity contribution < 1.29 is 41.7 Å². The molecule has 3 saturated heterocycles. The van der Waals surface area contributed by atoms with E-state index in [1.807, 2.05) is 91.9 Å². The van der Waals surface area contributed by atoms with E-state index in [0.717, 1.165) is 134 Å². The standard InChI is InChI=1S/C65H71N9O9S/c1-6-82-60-40-50(21-24-56(60)68-65-66-41-58-61(69-65)74(84(5,78)79)57-13-8-7-12-54(57)64(77)70(58)2)72-36-28-46(29-37-72)63(76)73-34-26-43(27-35-73)42-71-32-30-52(31-33-71)83-51-22-16-45(17-23-51)44-14-19-49(20-15-44)67-62(75)48-18-25-59(81-4)55(39-48)47-10-9-11-53(38-47)80-3/h7-25,38-41,43,46,52H,6,26-37,42H2,1-5H3,(H,67,75)(H,66,68,69). The molecule has 3 fully saturated rings. The van der Waals surface area contributed by atoms with Crippen LogP contribution in [0.25, 0.3) is 22.3 Å². The lowest BCUT2D eigenvalue weighted by molar-refractivity contribution is -0.137. The molecule has 0 bridgehead atoms. The minimum Gasteiger partial charge on any atom is -0.497 e. The first-order chi connectivity index (χ1) is 40.7. The van der Waals surface area contributed by atoms with Gasteiger partial charge in [-0.2, -0.15) is 4.98 Å². The zero-order valence-corrected chi connectivity index (χ0v) is 48.9. The van der Waals surface area contributed by atoms with Crippen LogP contribution in [0.15, 0.2) is 140 Å². The van der Waals surface area contributed by atoms with E-state index >= 15 is 0 Å². The second kappa shape index (κ2) is 25.0. The highest BCUT2D eigenvalue weighted by Gasteiger charge is 2.36. The number of nitrogens with zero attached hydrogens (tertiary/aromatic N) is 7. The molecule has 0 aliphatic carbocycles. The molecular weight excluding hydrogens is 1080 g/mol. The van der Waals surface area contributed by atoms with Crippen LogP contribution in [0.5, 0.6) is 23.0 Å². The normalized spacial score (nSPS) is 16.3. The summed E-state index contributed by atoms with van der Waals surface area (Å²) in [5.41, 5.74) is 7.25. The Morgan fingerprint density at radius 2 is 1.42 bits per heavy atom. The number of ether oxygens (including phenoxy) is 4. The van der Waals surface area contributed by atoms with Crippen molar-refractivity contribution >= 4 is 67.9 Å². The quantitative estimate of drug-likeness (QED) is 0.0876. The fourth-order valence-electron chi connectivity index (χ4n) is 11.9. The summed E-state index contributed by atoms with van der Waals surface area (Å²) in [5, 5.41) is 6.27. The molecule has 11 rings (SSSR count). The number of anilines is 7. The topological polar surface area (TPSA) is 188 Å². The molecule has 19 heteroatoms. The molecule has 5 heterocycles. The van der Waals surface area contributed by atoms with E-state index < -0.39 is 10.0 Å². The van der Waals surface area contributed by atoms with Crippen molar-refractivity contribution in [3.63, 3.8) is 0 Å². The Balaban J connectivity index is 0.611. The largest absolute Gasteiger partial charge is 0.497 e. The molecule has 18 nitrogen and oxygen atoms in total. The average Bonchev–Trinajstić information content (AvgIpc) is 2.47. The first kappa shape index (κ1) is 57.2. The van der Waals surface area contributed by atoms with E-state index in [-0.39, 0.29) is 58.4 Å². The Bertz CT molecular complexity index is 3640. The summed E-state index contributed by atoms with van der Waals surface area (Å²) in [6.07, 6.45) is 8.17. The number of sulfonamides is 1. The lowest BCUT2D eigenvalue weighted by Gasteiger charge is -2.40. The van der Waals surface area contributed by atoms with Crippen molar-refractivity contribution in [3.05, 3.63) is 151 Å². The van der Waals surface area contributed by atoms with Crippen LogP contribution in [-0.4, -0.2) is 132 Å². The Hall–Kier alpha value is -8.68. The number of carbonyl (C=O) groups excluding carboxylic acids is 3. The minimum atomic E-state index is -3.93. The summed E-state index contributed by atoms with van der Waals surface area (Å²) in [4.78, 5) is 58.2.